The number of aromatic nitrogens is 2. The summed E-state index contributed by atoms with van der Waals surface area (Å²) in [5.41, 5.74) is 6.15. The number of halogens is 2. The molecule has 5 aromatic rings. The summed E-state index contributed by atoms with van der Waals surface area (Å²) in [6.45, 7) is 5.20. The monoisotopic (exact) mass is 638 g/mol. The van der Waals surface area contributed by atoms with Crippen LogP contribution in [0.5, 0.6) is 5.75 Å². The van der Waals surface area contributed by atoms with Crippen molar-refractivity contribution >= 4 is 33.2 Å². The molecule has 0 saturated carbocycles. The summed E-state index contributed by atoms with van der Waals surface area (Å²) in [5, 5.41) is 5.52. The van der Waals surface area contributed by atoms with Crippen LogP contribution in [0.15, 0.2) is 66.7 Å². The van der Waals surface area contributed by atoms with E-state index in [9.17, 15) is 14.0 Å². The molecule has 2 aliphatic rings. The Morgan fingerprint density at radius 3 is 2.76 bits per heavy atom. The number of methoxy groups -OCH3 is 1. The summed E-state index contributed by atoms with van der Waals surface area (Å²) in [6.07, 6.45) is 3.58. The van der Waals surface area contributed by atoms with Crippen molar-refractivity contribution in [2.45, 2.75) is 19.5 Å². The number of pyridine rings is 2. The molecule has 1 N–H and O–H groups in total. The lowest BCUT2D eigenvalue weighted by Crippen LogP contribution is -2.35. The normalized spacial score (nSPS) is 13.8. The number of ether oxygens (including phenoxy) is 2. The number of fused-ring (bicyclic) bond motifs is 3. The van der Waals surface area contributed by atoms with Gasteiger partial charge in [0.2, 0.25) is 5.91 Å². The minimum absolute atomic E-state index is 0.0239. The molecule has 2 amide bonds. The summed E-state index contributed by atoms with van der Waals surface area (Å²) >= 11 is 1.41. The van der Waals surface area contributed by atoms with Crippen LogP contribution in [-0.4, -0.2) is 53.6 Å². The van der Waals surface area contributed by atoms with E-state index in [2.05, 4.69) is 11.9 Å². The fourth-order valence-electron chi connectivity index (χ4n) is 6.08. The standard InChI is InChI=1S/C35H28F2N4O4S/c1-3-29(42)41-8-6-27-22(18-41)13-21(17-38-27)33-31(30-26(37)14-23(36)15-28(30)45-10-9-44-2)34-25(7-11-46-34)32(40-33)19-4-5-24-20(12-19)16-39-35(24)43/h3-5,7,11-15,17H,1,6,8-10,16,18H2,2H3,(H,39,43). The lowest BCUT2D eigenvalue weighted by molar-refractivity contribution is -0.126. The van der Waals surface area contributed by atoms with Gasteiger partial charge < -0.3 is 19.7 Å². The highest BCUT2D eigenvalue weighted by Gasteiger charge is 2.28. The first-order chi connectivity index (χ1) is 22.4. The summed E-state index contributed by atoms with van der Waals surface area (Å²) in [4.78, 5) is 36.3. The molecule has 0 saturated heterocycles. The van der Waals surface area contributed by atoms with Gasteiger partial charge in [-0.15, -0.1) is 11.3 Å². The van der Waals surface area contributed by atoms with E-state index < -0.39 is 11.6 Å². The van der Waals surface area contributed by atoms with E-state index in [0.29, 0.717) is 54.1 Å². The second-order valence-corrected chi connectivity index (χ2v) is 12.0. The zero-order chi connectivity index (χ0) is 31.9. The first kappa shape index (κ1) is 29.7. The zero-order valence-electron chi connectivity index (χ0n) is 24.9. The second kappa shape index (κ2) is 12.1. The molecule has 2 aliphatic heterocycles. The van der Waals surface area contributed by atoms with Gasteiger partial charge in [0.1, 0.15) is 24.0 Å². The van der Waals surface area contributed by atoms with E-state index in [4.69, 9.17) is 19.4 Å². The third-order valence-corrected chi connectivity index (χ3v) is 9.22. The highest BCUT2D eigenvalue weighted by Crippen LogP contribution is 2.47. The Bertz CT molecular complexity index is 2060. The predicted octanol–water partition coefficient (Wildman–Crippen LogP) is 6.31. The summed E-state index contributed by atoms with van der Waals surface area (Å²) in [5.74, 6) is -1.84. The Morgan fingerprint density at radius 2 is 1.93 bits per heavy atom. The topological polar surface area (TPSA) is 93.7 Å². The van der Waals surface area contributed by atoms with Crippen LogP contribution in [0.4, 0.5) is 8.78 Å². The van der Waals surface area contributed by atoms with E-state index in [1.54, 1.807) is 17.2 Å². The molecular weight excluding hydrogens is 610 g/mol. The maximum atomic E-state index is 16.0. The molecular formula is C35H28F2N4O4S. The first-order valence-corrected chi connectivity index (χ1v) is 15.6. The number of carbonyl (C=O) groups is 2. The summed E-state index contributed by atoms with van der Waals surface area (Å²) < 4.78 is 42.4. The number of hydrogen-bond acceptors (Lipinski definition) is 7. The largest absolute Gasteiger partial charge is 0.490 e. The van der Waals surface area contributed by atoms with E-state index in [0.717, 1.165) is 38.5 Å². The van der Waals surface area contributed by atoms with Gasteiger partial charge in [-0.05, 0) is 46.8 Å². The van der Waals surface area contributed by atoms with Crippen LogP contribution in [0, 0.1) is 11.6 Å². The van der Waals surface area contributed by atoms with Crippen LogP contribution in [0.2, 0.25) is 0 Å². The molecule has 46 heavy (non-hydrogen) atoms. The third-order valence-electron chi connectivity index (χ3n) is 8.28. The van der Waals surface area contributed by atoms with Gasteiger partial charge in [-0.25, -0.2) is 13.8 Å². The van der Waals surface area contributed by atoms with Crippen molar-refractivity contribution < 1.29 is 27.8 Å². The first-order valence-electron chi connectivity index (χ1n) is 14.7. The molecule has 232 valence electrons. The third kappa shape index (κ3) is 5.21. The zero-order valence-corrected chi connectivity index (χ0v) is 25.7. The molecule has 11 heteroatoms. The van der Waals surface area contributed by atoms with E-state index in [-0.39, 0.29) is 36.3 Å². The Labute approximate surface area is 267 Å². The number of hydrogen-bond donors (Lipinski definition) is 1. The fourth-order valence-corrected chi connectivity index (χ4v) is 7.03. The molecule has 0 atom stereocenters. The Kier molecular flexibility index (Phi) is 7.79. The van der Waals surface area contributed by atoms with Crippen LogP contribution in [0.3, 0.4) is 0 Å². The maximum absolute atomic E-state index is 16.0. The average Bonchev–Trinajstić information content (AvgIpc) is 3.70. The number of rotatable bonds is 8. The predicted molar refractivity (Wildman–Crippen MR) is 171 cm³/mol. The van der Waals surface area contributed by atoms with E-state index in [1.807, 2.05) is 29.6 Å². The van der Waals surface area contributed by atoms with Gasteiger partial charge in [-0.1, -0.05) is 12.6 Å². The van der Waals surface area contributed by atoms with Gasteiger partial charge in [-0.3, -0.25) is 14.6 Å². The van der Waals surface area contributed by atoms with Crippen molar-refractivity contribution in [3.8, 4) is 39.4 Å². The summed E-state index contributed by atoms with van der Waals surface area (Å²) in [7, 11) is 1.52. The number of nitrogens with zero attached hydrogens (tertiary/aromatic N) is 3. The van der Waals surface area contributed by atoms with Gasteiger partial charge in [0, 0.05) is 89.5 Å². The Morgan fingerprint density at radius 1 is 1.09 bits per heavy atom. The van der Waals surface area contributed by atoms with Gasteiger partial charge >= 0.3 is 0 Å². The molecule has 2 aromatic carbocycles. The minimum atomic E-state index is -0.797. The Balaban J connectivity index is 1.48. The quantitative estimate of drug-likeness (QED) is 0.158. The molecule has 3 aromatic heterocycles. The van der Waals surface area contributed by atoms with Crippen LogP contribution in [0.25, 0.3) is 43.7 Å². The van der Waals surface area contributed by atoms with Crippen molar-refractivity contribution in [3.63, 3.8) is 0 Å². The van der Waals surface area contributed by atoms with Gasteiger partial charge in [0.15, 0.2) is 0 Å². The number of nitrogens with one attached hydrogen (secondary N) is 1. The van der Waals surface area contributed by atoms with Gasteiger partial charge in [0.05, 0.1) is 23.6 Å². The molecule has 0 unspecified atom stereocenters. The van der Waals surface area contributed by atoms with Crippen LogP contribution >= 0.6 is 11.3 Å². The lowest BCUT2D eigenvalue weighted by Gasteiger charge is -2.27. The molecule has 0 radical (unpaired) electrons. The van der Waals surface area contributed by atoms with Crippen LogP contribution < -0.4 is 10.1 Å². The highest BCUT2D eigenvalue weighted by molar-refractivity contribution is 7.18. The van der Waals surface area contributed by atoms with Gasteiger partial charge in [-0.2, -0.15) is 0 Å². The maximum Gasteiger partial charge on any atom is 0.251 e. The molecule has 0 bridgehead atoms. The van der Waals surface area contributed by atoms with Crippen LogP contribution in [0.1, 0.15) is 27.2 Å². The Hall–Kier alpha value is -5.00. The van der Waals surface area contributed by atoms with E-state index in [1.165, 1.54) is 30.6 Å². The molecule has 0 aliphatic carbocycles. The smallest absolute Gasteiger partial charge is 0.251 e. The SMILES string of the molecule is C=CC(=O)N1CCc2ncc(-c3nc(-c4ccc5c(c4)CNC5=O)c4ccsc4c3-c3c(F)cc(F)cc3OCCOC)cc2C1. The van der Waals surface area contributed by atoms with Crippen molar-refractivity contribution in [2.75, 3.05) is 26.9 Å². The lowest BCUT2D eigenvalue weighted by atomic mass is 9.93. The van der Waals surface area contributed by atoms with Gasteiger partial charge in [0.25, 0.3) is 5.91 Å². The molecule has 7 rings (SSSR count). The van der Waals surface area contributed by atoms with Crippen molar-refractivity contribution in [1.82, 2.24) is 20.2 Å². The van der Waals surface area contributed by atoms with Crippen molar-refractivity contribution in [1.29, 1.82) is 0 Å². The molecule has 8 nitrogen and oxygen atoms in total. The highest BCUT2D eigenvalue weighted by atomic mass is 32.1. The van der Waals surface area contributed by atoms with Crippen LogP contribution in [-0.2, 0) is 29.0 Å². The minimum Gasteiger partial charge on any atom is -0.490 e. The molecule has 0 spiro atoms. The van der Waals surface area contributed by atoms with E-state index >= 15 is 4.39 Å². The summed E-state index contributed by atoms with van der Waals surface area (Å²) in [6, 6.07) is 11.4. The number of benzene rings is 2. The fraction of sp³-hybridized carbons (Fsp3) is 0.200. The van der Waals surface area contributed by atoms with Crippen molar-refractivity contribution in [3.05, 3.63) is 101 Å². The number of thiophene rings is 1. The van der Waals surface area contributed by atoms with Crippen molar-refractivity contribution in [2.24, 2.45) is 0 Å². The number of carbonyl (C=O) groups excluding carboxylic acids is 2. The molecule has 0 fully saturated rings. The second-order valence-electron chi connectivity index (χ2n) is 11.0. The number of amides is 2. The molecule has 5 heterocycles. The average molecular weight is 639 g/mol.